The molecule has 28 heavy (non-hydrogen) atoms. The Morgan fingerprint density at radius 1 is 1.00 bits per heavy atom. The van der Waals surface area contributed by atoms with Crippen LogP contribution in [0.1, 0.15) is 31.1 Å². The lowest BCUT2D eigenvalue weighted by molar-refractivity contribution is 0.296. The van der Waals surface area contributed by atoms with Crippen molar-refractivity contribution in [1.29, 1.82) is 0 Å². The van der Waals surface area contributed by atoms with Crippen LogP contribution in [0.15, 0.2) is 47.5 Å². The number of rotatable bonds is 3. The molecule has 0 aliphatic carbocycles. The second-order valence-corrected chi connectivity index (χ2v) is 8.81. The minimum atomic E-state index is -3.71. The Morgan fingerprint density at radius 2 is 1.86 bits per heavy atom. The fraction of sp³-hybridized carbons (Fsp3) is 0.368. The number of ether oxygens (including phenoxy) is 2. The zero-order valence-electron chi connectivity index (χ0n) is 15.2. The molecule has 1 saturated heterocycles. The number of benzene rings is 1. The number of hydrogen-bond acceptors (Lipinski definition) is 6. The molecule has 0 N–H and O–H groups in total. The largest absolute Gasteiger partial charge is 0.490 e. The summed E-state index contributed by atoms with van der Waals surface area (Å²) < 4.78 is 41.5. The molecule has 8 nitrogen and oxygen atoms in total. The Labute approximate surface area is 162 Å². The van der Waals surface area contributed by atoms with Crippen molar-refractivity contribution in [3.05, 3.63) is 48.4 Å². The van der Waals surface area contributed by atoms with E-state index in [4.69, 9.17) is 9.47 Å². The quantitative estimate of drug-likeness (QED) is 0.671. The average molecular weight is 400 g/mol. The van der Waals surface area contributed by atoms with Crippen molar-refractivity contribution < 1.29 is 17.9 Å². The Kier molecular flexibility index (Phi) is 4.21. The van der Waals surface area contributed by atoms with Crippen LogP contribution in [0.5, 0.6) is 11.5 Å². The smallest absolute Gasteiger partial charge is 0.243 e. The first kappa shape index (κ1) is 17.4. The molecular formula is C19H20N4O4S. The molecular weight excluding hydrogens is 380 g/mol. The minimum Gasteiger partial charge on any atom is -0.490 e. The summed E-state index contributed by atoms with van der Waals surface area (Å²) in [6.45, 7) is 1.52. The topological polar surface area (TPSA) is 86.0 Å². The molecule has 4 heterocycles. The number of sulfonamides is 1. The molecule has 0 bridgehead atoms. The van der Waals surface area contributed by atoms with Crippen molar-refractivity contribution in [2.45, 2.75) is 30.2 Å². The zero-order valence-corrected chi connectivity index (χ0v) is 16.0. The van der Waals surface area contributed by atoms with E-state index in [1.54, 1.807) is 18.2 Å². The molecule has 0 amide bonds. The van der Waals surface area contributed by atoms with E-state index in [9.17, 15) is 8.42 Å². The van der Waals surface area contributed by atoms with Gasteiger partial charge in [0.2, 0.25) is 10.0 Å². The Hall–Kier alpha value is -2.65. The summed E-state index contributed by atoms with van der Waals surface area (Å²) in [5.41, 5.74) is 0.706. The summed E-state index contributed by atoms with van der Waals surface area (Å²) in [7, 11) is -3.71. The Balaban J connectivity index is 1.53. The first-order chi connectivity index (χ1) is 13.6. The van der Waals surface area contributed by atoms with Gasteiger partial charge in [-0.25, -0.2) is 8.42 Å². The van der Waals surface area contributed by atoms with Gasteiger partial charge >= 0.3 is 0 Å². The molecule has 9 heteroatoms. The van der Waals surface area contributed by atoms with Gasteiger partial charge in [-0.1, -0.05) is 6.07 Å². The molecule has 2 aliphatic rings. The van der Waals surface area contributed by atoms with Crippen molar-refractivity contribution in [2.75, 3.05) is 19.8 Å². The minimum absolute atomic E-state index is 0.206. The van der Waals surface area contributed by atoms with E-state index in [-0.39, 0.29) is 10.9 Å². The fourth-order valence-electron chi connectivity index (χ4n) is 3.81. The third-order valence-electron chi connectivity index (χ3n) is 5.17. The summed E-state index contributed by atoms with van der Waals surface area (Å²) >= 11 is 0. The van der Waals surface area contributed by atoms with Gasteiger partial charge in [0, 0.05) is 25.2 Å². The molecule has 3 aromatic rings. The highest BCUT2D eigenvalue weighted by Crippen LogP contribution is 2.38. The summed E-state index contributed by atoms with van der Waals surface area (Å²) in [6, 6.07) is 10.1. The van der Waals surface area contributed by atoms with E-state index >= 15 is 0 Å². The lowest BCUT2D eigenvalue weighted by Gasteiger charge is -2.23. The van der Waals surface area contributed by atoms with Gasteiger partial charge in [0.25, 0.3) is 0 Å². The third-order valence-corrected chi connectivity index (χ3v) is 7.07. The van der Waals surface area contributed by atoms with Crippen molar-refractivity contribution in [3.8, 4) is 11.5 Å². The van der Waals surface area contributed by atoms with Crippen LogP contribution in [0.25, 0.3) is 5.65 Å². The molecule has 1 aromatic carbocycles. The van der Waals surface area contributed by atoms with E-state index in [0.29, 0.717) is 49.1 Å². The molecule has 1 fully saturated rings. The zero-order chi connectivity index (χ0) is 19.1. The predicted molar refractivity (Wildman–Crippen MR) is 101 cm³/mol. The van der Waals surface area contributed by atoms with E-state index in [2.05, 4.69) is 10.2 Å². The molecule has 2 aromatic heterocycles. The van der Waals surface area contributed by atoms with Crippen LogP contribution in [0, 0.1) is 0 Å². The summed E-state index contributed by atoms with van der Waals surface area (Å²) in [6.07, 6.45) is 4.11. The van der Waals surface area contributed by atoms with Crippen molar-refractivity contribution in [1.82, 2.24) is 18.9 Å². The first-order valence-corrected chi connectivity index (χ1v) is 10.8. The third kappa shape index (κ3) is 2.82. The van der Waals surface area contributed by atoms with E-state index < -0.39 is 10.0 Å². The number of aromatic nitrogens is 3. The van der Waals surface area contributed by atoms with Gasteiger partial charge in [0.05, 0.1) is 24.2 Å². The maximum Gasteiger partial charge on any atom is 0.243 e. The normalized spacial score (nSPS) is 20.4. The number of hydrogen-bond donors (Lipinski definition) is 0. The van der Waals surface area contributed by atoms with Crippen LogP contribution < -0.4 is 9.47 Å². The molecule has 146 valence electrons. The molecule has 0 spiro atoms. The second kappa shape index (κ2) is 6.75. The van der Waals surface area contributed by atoms with Crippen LogP contribution in [-0.2, 0) is 10.0 Å². The van der Waals surface area contributed by atoms with Gasteiger partial charge in [-0.15, -0.1) is 10.2 Å². The SMILES string of the molecule is O=S(=O)(c1ccc2c(c1)OCCCO2)N1CCC[C@@H]1c1nnc2ccccn12. The highest BCUT2D eigenvalue weighted by Gasteiger charge is 2.39. The van der Waals surface area contributed by atoms with Gasteiger partial charge in [-0.3, -0.25) is 4.40 Å². The Bertz CT molecular complexity index is 1130. The van der Waals surface area contributed by atoms with Crippen LogP contribution in [-0.4, -0.2) is 47.1 Å². The van der Waals surface area contributed by atoms with Crippen molar-refractivity contribution in [2.24, 2.45) is 0 Å². The lowest BCUT2D eigenvalue weighted by Crippen LogP contribution is -2.31. The van der Waals surface area contributed by atoms with Crippen LogP contribution in [0.3, 0.4) is 0 Å². The molecule has 0 saturated carbocycles. The molecule has 0 unspecified atom stereocenters. The van der Waals surface area contributed by atoms with Gasteiger partial charge in [-0.2, -0.15) is 4.31 Å². The van der Waals surface area contributed by atoms with E-state index in [0.717, 1.165) is 12.8 Å². The summed E-state index contributed by atoms with van der Waals surface area (Å²) in [5, 5.41) is 8.46. The van der Waals surface area contributed by atoms with Gasteiger partial charge < -0.3 is 9.47 Å². The number of pyridine rings is 1. The molecule has 2 aliphatic heterocycles. The average Bonchev–Trinajstić information content (AvgIpc) is 3.29. The van der Waals surface area contributed by atoms with Crippen molar-refractivity contribution >= 4 is 15.7 Å². The van der Waals surface area contributed by atoms with Gasteiger partial charge in [0.15, 0.2) is 23.0 Å². The van der Waals surface area contributed by atoms with Crippen LogP contribution >= 0.6 is 0 Å². The van der Waals surface area contributed by atoms with E-state index in [1.165, 1.54) is 4.31 Å². The van der Waals surface area contributed by atoms with Gasteiger partial charge in [-0.05, 0) is 37.1 Å². The second-order valence-electron chi connectivity index (χ2n) is 6.92. The fourth-order valence-corrected chi connectivity index (χ4v) is 5.48. The molecule has 0 radical (unpaired) electrons. The molecule has 5 rings (SSSR count). The number of nitrogens with zero attached hydrogens (tertiary/aromatic N) is 4. The summed E-state index contributed by atoms with van der Waals surface area (Å²) in [4.78, 5) is 0.206. The standard InChI is InChI=1S/C19H20N4O4S/c24-28(25,14-7-8-16-17(13-14)27-12-4-11-26-16)23-10-3-5-15(23)19-21-20-18-6-1-2-9-22(18)19/h1-2,6-9,13,15H,3-5,10-12H2/t15-/m1/s1. The number of fused-ring (bicyclic) bond motifs is 2. The van der Waals surface area contributed by atoms with Crippen LogP contribution in [0.4, 0.5) is 0 Å². The highest BCUT2D eigenvalue weighted by molar-refractivity contribution is 7.89. The van der Waals surface area contributed by atoms with Gasteiger partial charge in [0.1, 0.15) is 0 Å². The monoisotopic (exact) mass is 400 g/mol. The van der Waals surface area contributed by atoms with Crippen molar-refractivity contribution in [3.63, 3.8) is 0 Å². The highest BCUT2D eigenvalue weighted by atomic mass is 32.2. The van der Waals surface area contributed by atoms with Crippen LogP contribution in [0.2, 0.25) is 0 Å². The summed E-state index contributed by atoms with van der Waals surface area (Å²) in [5.74, 6) is 1.70. The maximum absolute atomic E-state index is 13.4. The molecule has 1 atom stereocenters. The van der Waals surface area contributed by atoms with E-state index in [1.807, 2.05) is 28.8 Å². The maximum atomic E-state index is 13.4. The predicted octanol–water partition coefficient (Wildman–Crippen LogP) is 2.42. The Morgan fingerprint density at radius 3 is 2.75 bits per heavy atom. The lowest BCUT2D eigenvalue weighted by atomic mass is 10.2. The first-order valence-electron chi connectivity index (χ1n) is 9.36.